The normalized spacial score (nSPS) is 14.3. The number of nitrogens with zero attached hydrogens (tertiary/aromatic N) is 2. The number of rotatable bonds is 7. The van der Waals surface area contributed by atoms with Crippen LogP contribution in [0.25, 0.3) is 10.9 Å². The lowest BCUT2D eigenvalue weighted by Crippen LogP contribution is -2.40. The topological polar surface area (TPSA) is 77.7 Å². The summed E-state index contributed by atoms with van der Waals surface area (Å²) >= 11 is 6.25. The van der Waals surface area contributed by atoms with Gasteiger partial charge in [0, 0.05) is 31.7 Å². The molecular weight excluding hydrogens is 452 g/mol. The number of ether oxygens (including phenoxy) is 1. The molecule has 1 saturated heterocycles. The number of pyridine rings is 1. The zero-order valence-electron chi connectivity index (χ0n) is 19.7. The molecule has 2 aromatic carbocycles. The van der Waals surface area contributed by atoms with E-state index in [1.165, 1.54) is 0 Å². The van der Waals surface area contributed by atoms with Gasteiger partial charge in [0.25, 0.3) is 5.56 Å². The van der Waals surface area contributed by atoms with E-state index in [2.05, 4.69) is 15.2 Å². The number of morpholine rings is 1. The fraction of sp³-hybridized carbons (Fsp3) is 0.385. The van der Waals surface area contributed by atoms with Crippen LogP contribution in [0.5, 0.6) is 0 Å². The number of halogens is 1. The largest absolute Gasteiger partial charge is 0.379 e. The van der Waals surface area contributed by atoms with Crippen molar-refractivity contribution in [2.24, 2.45) is 0 Å². The minimum atomic E-state index is -0.282. The van der Waals surface area contributed by atoms with E-state index in [0.29, 0.717) is 22.8 Å². The number of aromatic nitrogens is 1. The van der Waals surface area contributed by atoms with Crippen LogP contribution in [-0.2, 0) is 11.3 Å². The summed E-state index contributed by atoms with van der Waals surface area (Å²) in [6, 6.07) is 12.8. The molecule has 2 amide bonds. The molecule has 1 aliphatic rings. The Kier molecular flexibility index (Phi) is 7.88. The molecule has 7 nitrogen and oxygen atoms in total. The Labute approximate surface area is 204 Å². The van der Waals surface area contributed by atoms with Crippen LogP contribution >= 0.6 is 11.6 Å². The highest BCUT2D eigenvalue weighted by Gasteiger charge is 2.19. The van der Waals surface area contributed by atoms with Crippen molar-refractivity contribution in [2.75, 3.05) is 44.7 Å². The number of nitrogens with one attached hydrogen (secondary N) is 2. The van der Waals surface area contributed by atoms with Crippen LogP contribution in [0.1, 0.15) is 23.1 Å². The highest BCUT2D eigenvalue weighted by Crippen LogP contribution is 2.22. The van der Waals surface area contributed by atoms with Gasteiger partial charge in [-0.15, -0.1) is 0 Å². The Morgan fingerprint density at radius 3 is 2.71 bits per heavy atom. The first-order chi connectivity index (χ1) is 16.4. The quantitative estimate of drug-likeness (QED) is 0.517. The lowest BCUT2D eigenvalue weighted by molar-refractivity contribution is 0.0365. The van der Waals surface area contributed by atoms with Crippen molar-refractivity contribution < 1.29 is 9.53 Å². The number of fused-ring (bicyclic) bond motifs is 1. The number of anilines is 1. The van der Waals surface area contributed by atoms with E-state index in [-0.39, 0.29) is 18.1 Å². The summed E-state index contributed by atoms with van der Waals surface area (Å²) in [5.41, 5.74) is 3.91. The van der Waals surface area contributed by atoms with Gasteiger partial charge in [-0.3, -0.25) is 9.69 Å². The Morgan fingerprint density at radius 2 is 1.94 bits per heavy atom. The molecule has 0 radical (unpaired) electrons. The average Bonchev–Trinajstić information content (AvgIpc) is 2.81. The molecule has 1 fully saturated rings. The van der Waals surface area contributed by atoms with Crippen LogP contribution in [0, 0.1) is 13.8 Å². The van der Waals surface area contributed by atoms with Crippen molar-refractivity contribution in [3.63, 3.8) is 0 Å². The standard InChI is InChI=1S/C26H31ClN4O3/c1-18-14-19(2)24-20(15-18)16-21(25(32)29-24)17-31(9-5-8-30-10-12-34-13-11-30)26(33)28-23-7-4-3-6-22(23)27/h3-4,6-7,14-16H,5,8-13,17H2,1-2H3,(H,28,33)(H,29,32). The van der Waals surface area contributed by atoms with E-state index in [9.17, 15) is 9.59 Å². The summed E-state index contributed by atoms with van der Waals surface area (Å²) in [7, 11) is 0. The Hall–Kier alpha value is -2.87. The fourth-order valence-corrected chi connectivity index (χ4v) is 4.56. The Morgan fingerprint density at radius 1 is 1.18 bits per heavy atom. The van der Waals surface area contributed by atoms with Crippen molar-refractivity contribution in [1.29, 1.82) is 0 Å². The molecule has 3 aromatic rings. The van der Waals surface area contributed by atoms with Gasteiger partial charge in [0.15, 0.2) is 0 Å². The molecule has 2 heterocycles. The van der Waals surface area contributed by atoms with E-state index in [4.69, 9.17) is 16.3 Å². The van der Waals surface area contributed by atoms with Gasteiger partial charge in [0.1, 0.15) is 0 Å². The van der Waals surface area contributed by atoms with Gasteiger partial charge in [-0.05, 0) is 55.5 Å². The monoisotopic (exact) mass is 482 g/mol. The Balaban J connectivity index is 1.55. The van der Waals surface area contributed by atoms with Crippen LogP contribution in [0.2, 0.25) is 5.02 Å². The minimum absolute atomic E-state index is 0.178. The van der Waals surface area contributed by atoms with Crippen LogP contribution in [0.4, 0.5) is 10.5 Å². The molecule has 0 spiro atoms. The molecule has 4 rings (SSSR count). The molecule has 180 valence electrons. The maximum atomic E-state index is 13.2. The predicted molar refractivity (Wildman–Crippen MR) is 137 cm³/mol. The zero-order chi connectivity index (χ0) is 24.1. The molecule has 1 aliphatic heterocycles. The summed E-state index contributed by atoms with van der Waals surface area (Å²) in [5, 5.41) is 4.34. The van der Waals surface area contributed by atoms with Crippen molar-refractivity contribution in [3.8, 4) is 0 Å². The smallest absolute Gasteiger partial charge is 0.322 e. The number of aromatic amines is 1. The van der Waals surface area contributed by atoms with Gasteiger partial charge >= 0.3 is 6.03 Å². The molecule has 0 bridgehead atoms. The number of carbonyl (C=O) groups is 1. The lowest BCUT2D eigenvalue weighted by Gasteiger charge is -2.28. The fourth-order valence-electron chi connectivity index (χ4n) is 4.37. The third-order valence-corrected chi connectivity index (χ3v) is 6.47. The van der Waals surface area contributed by atoms with E-state index in [1.807, 2.05) is 44.2 Å². The number of para-hydroxylation sites is 1. The molecule has 2 N–H and O–H groups in total. The molecule has 0 unspecified atom stereocenters. The van der Waals surface area contributed by atoms with E-state index < -0.39 is 0 Å². The van der Waals surface area contributed by atoms with Gasteiger partial charge in [-0.25, -0.2) is 4.79 Å². The van der Waals surface area contributed by atoms with E-state index in [1.54, 1.807) is 17.0 Å². The van der Waals surface area contributed by atoms with Crippen LogP contribution in [0.15, 0.2) is 47.3 Å². The zero-order valence-corrected chi connectivity index (χ0v) is 20.5. The van der Waals surface area contributed by atoms with Crippen LogP contribution in [0.3, 0.4) is 0 Å². The lowest BCUT2D eigenvalue weighted by atomic mass is 10.1. The van der Waals surface area contributed by atoms with E-state index in [0.717, 1.165) is 61.3 Å². The third kappa shape index (κ3) is 5.97. The second-order valence-electron chi connectivity index (χ2n) is 8.81. The number of amides is 2. The molecule has 0 saturated carbocycles. The van der Waals surface area contributed by atoms with Crippen molar-refractivity contribution in [3.05, 3.63) is 74.5 Å². The summed E-state index contributed by atoms with van der Waals surface area (Å²) in [5.74, 6) is 0. The maximum absolute atomic E-state index is 13.2. The molecule has 1 aromatic heterocycles. The van der Waals surface area contributed by atoms with Crippen molar-refractivity contribution >= 4 is 34.2 Å². The summed E-state index contributed by atoms with van der Waals surface area (Å²) in [6.07, 6.45) is 0.791. The van der Waals surface area contributed by atoms with Gasteiger partial charge in [-0.1, -0.05) is 35.4 Å². The highest BCUT2D eigenvalue weighted by molar-refractivity contribution is 6.33. The molecular formula is C26H31ClN4O3. The first kappa shape index (κ1) is 24.3. The minimum Gasteiger partial charge on any atom is -0.379 e. The summed E-state index contributed by atoms with van der Waals surface area (Å²) < 4.78 is 5.42. The van der Waals surface area contributed by atoms with Crippen LogP contribution < -0.4 is 10.9 Å². The number of hydrogen-bond donors (Lipinski definition) is 2. The number of H-pyrrole nitrogens is 1. The molecule has 8 heteroatoms. The van der Waals surface area contributed by atoms with Crippen molar-refractivity contribution in [1.82, 2.24) is 14.8 Å². The third-order valence-electron chi connectivity index (χ3n) is 6.14. The maximum Gasteiger partial charge on any atom is 0.322 e. The first-order valence-corrected chi connectivity index (χ1v) is 12.0. The van der Waals surface area contributed by atoms with Gasteiger partial charge in [-0.2, -0.15) is 0 Å². The van der Waals surface area contributed by atoms with E-state index >= 15 is 0 Å². The number of urea groups is 1. The second kappa shape index (κ2) is 11.0. The second-order valence-corrected chi connectivity index (χ2v) is 9.22. The Bertz CT molecular complexity index is 1220. The van der Waals surface area contributed by atoms with Crippen LogP contribution in [-0.4, -0.2) is 60.2 Å². The first-order valence-electron chi connectivity index (χ1n) is 11.6. The SMILES string of the molecule is Cc1cc(C)c2[nH]c(=O)c(CN(CCCN3CCOCC3)C(=O)Nc3ccccc3Cl)cc2c1. The average molecular weight is 483 g/mol. The van der Waals surface area contributed by atoms with Gasteiger partial charge < -0.3 is 19.9 Å². The van der Waals surface area contributed by atoms with Crippen molar-refractivity contribution in [2.45, 2.75) is 26.8 Å². The summed E-state index contributed by atoms with van der Waals surface area (Å²) in [6.45, 7) is 8.88. The predicted octanol–water partition coefficient (Wildman–Crippen LogP) is 4.55. The number of benzene rings is 2. The molecule has 0 aliphatic carbocycles. The number of hydrogen-bond acceptors (Lipinski definition) is 4. The number of aryl methyl sites for hydroxylation is 2. The summed E-state index contributed by atoms with van der Waals surface area (Å²) in [4.78, 5) is 33.2. The van der Waals surface area contributed by atoms with Gasteiger partial charge in [0.05, 0.1) is 36.0 Å². The molecule has 0 atom stereocenters. The van der Waals surface area contributed by atoms with Gasteiger partial charge in [0.2, 0.25) is 0 Å². The number of carbonyl (C=O) groups excluding carboxylic acids is 1. The molecule has 34 heavy (non-hydrogen) atoms. The highest BCUT2D eigenvalue weighted by atomic mass is 35.5.